The van der Waals surface area contributed by atoms with Crippen LogP contribution >= 0.6 is 0 Å². The summed E-state index contributed by atoms with van der Waals surface area (Å²) in [4.78, 5) is 12.2. The second-order valence-corrected chi connectivity index (χ2v) is 5.37. The van der Waals surface area contributed by atoms with Gasteiger partial charge in [-0.05, 0) is 38.2 Å². The molecule has 0 aliphatic heterocycles. The Morgan fingerprint density at radius 2 is 2.00 bits per heavy atom. The molecule has 1 unspecified atom stereocenters. The van der Waals surface area contributed by atoms with Crippen LogP contribution < -0.4 is 11.1 Å². The number of carbonyl (C=O) groups excluding carboxylic acids is 1. The lowest BCUT2D eigenvalue weighted by Crippen LogP contribution is -2.55. The summed E-state index contributed by atoms with van der Waals surface area (Å²) >= 11 is 0. The molecule has 1 amide bonds. The van der Waals surface area contributed by atoms with Crippen LogP contribution in [0.3, 0.4) is 0 Å². The first kappa shape index (κ1) is 13.1. The summed E-state index contributed by atoms with van der Waals surface area (Å²) in [6.45, 7) is 4.15. The maximum atomic E-state index is 12.2. The van der Waals surface area contributed by atoms with Crippen LogP contribution in [0.25, 0.3) is 0 Å². The van der Waals surface area contributed by atoms with Gasteiger partial charge in [-0.1, -0.05) is 36.8 Å². The van der Waals surface area contributed by atoms with E-state index in [1.165, 1.54) is 12.0 Å². The largest absolute Gasteiger partial charge is 0.349 e. The highest BCUT2D eigenvalue weighted by molar-refractivity contribution is 5.83. The molecule has 18 heavy (non-hydrogen) atoms. The van der Waals surface area contributed by atoms with E-state index < -0.39 is 6.04 Å². The van der Waals surface area contributed by atoms with Gasteiger partial charge in [0.25, 0.3) is 0 Å². The molecule has 0 aromatic heterocycles. The Kier molecular flexibility index (Phi) is 3.71. The van der Waals surface area contributed by atoms with Crippen LogP contribution in [0.15, 0.2) is 24.3 Å². The van der Waals surface area contributed by atoms with Gasteiger partial charge in [0.05, 0.1) is 0 Å². The maximum Gasteiger partial charge on any atom is 0.241 e. The van der Waals surface area contributed by atoms with Crippen LogP contribution in [0.2, 0.25) is 0 Å². The van der Waals surface area contributed by atoms with E-state index in [4.69, 9.17) is 5.73 Å². The van der Waals surface area contributed by atoms with Crippen molar-refractivity contribution in [2.75, 3.05) is 0 Å². The van der Waals surface area contributed by atoms with Gasteiger partial charge in [-0.25, -0.2) is 0 Å². The third-order valence-electron chi connectivity index (χ3n) is 4.09. The zero-order valence-corrected chi connectivity index (χ0v) is 11.2. The zero-order valence-electron chi connectivity index (χ0n) is 11.2. The summed E-state index contributed by atoms with van der Waals surface area (Å²) in [7, 11) is 0. The molecule has 3 N–H and O–H groups in total. The summed E-state index contributed by atoms with van der Waals surface area (Å²) in [5.41, 5.74) is 8.09. The van der Waals surface area contributed by atoms with Crippen LogP contribution in [0.1, 0.15) is 49.8 Å². The summed E-state index contributed by atoms with van der Waals surface area (Å²) in [5.74, 6) is -0.0552. The number of amides is 1. The molecule has 98 valence electrons. The molecular weight excluding hydrogens is 224 g/mol. The number of carbonyl (C=O) groups is 1. The van der Waals surface area contributed by atoms with Gasteiger partial charge >= 0.3 is 0 Å². The number of hydrogen-bond donors (Lipinski definition) is 2. The highest BCUT2D eigenvalue weighted by Gasteiger charge is 2.37. The Balaban J connectivity index is 2.02. The maximum absolute atomic E-state index is 12.2. The highest BCUT2D eigenvalue weighted by atomic mass is 16.2. The monoisotopic (exact) mass is 246 g/mol. The van der Waals surface area contributed by atoms with E-state index in [0.717, 1.165) is 24.8 Å². The van der Waals surface area contributed by atoms with Crippen molar-refractivity contribution >= 4 is 5.91 Å². The second kappa shape index (κ2) is 5.11. The summed E-state index contributed by atoms with van der Waals surface area (Å²) in [6.07, 6.45) is 4.35. The van der Waals surface area contributed by atoms with E-state index in [0.29, 0.717) is 0 Å². The zero-order chi connectivity index (χ0) is 13.2. The Bertz CT molecular complexity index is 415. The lowest BCUT2D eigenvalue weighted by molar-refractivity contribution is -0.125. The Labute approximate surface area is 109 Å². The normalized spacial score (nSPS) is 18.8. The first-order chi connectivity index (χ1) is 8.56. The number of nitrogens with two attached hydrogens (primary N) is 1. The summed E-state index contributed by atoms with van der Waals surface area (Å²) in [6, 6.07) is 7.27. The van der Waals surface area contributed by atoms with Gasteiger partial charge in [0, 0.05) is 5.54 Å². The molecule has 1 fully saturated rings. The van der Waals surface area contributed by atoms with Crippen molar-refractivity contribution in [3.8, 4) is 0 Å². The van der Waals surface area contributed by atoms with Gasteiger partial charge in [-0.15, -0.1) is 0 Å². The smallest absolute Gasteiger partial charge is 0.241 e. The molecule has 0 spiro atoms. The second-order valence-electron chi connectivity index (χ2n) is 5.37. The highest BCUT2D eigenvalue weighted by Crippen LogP contribution is 2.35. The number of benzene rings is 1. The number of hydrogen-bond acceptors (Lipinski definition) is 2. The number of nitrogens with one attached hydrogen (secondary N) is 1. The molecule has 1 saturated carbocycles. The van der Waals surface area contributed by atoms with Crippen LogP contribution in [0, 0.1) is 6.92 Å². The van der Waals surface area contributed by atoms with E-state index in [1.54, 1.807) is 0 Å². The molecule has 1 atom stereocenters. The van der Waals surface area contributed by atoms with Crippen LogP contribution in [0.5, 0.6) is 0 Å². The number of rotatable bonds is 4. The fourth-order valence-electron chi connectivity index (χ4n) is 2.43. The average Bonchev–Trinajstić information content (AvgIpc) is 2.33. The minimum atomic E-state index is -0.561. The Morgan fingerprint density at radius 1 is 1.39 bits per heavy atom. The van der Waals surface area contributed by atoms with Gasteiger partial charge in [-0.3, -0.25) is 4.79 Å². The van der Waals surface area contributed by atoms with E-state index in [2.05, 4.69) is 12.2 Å². The van der Waals surface area contributed by atoms with Crippen molar-refractivity contribution in [1.82, 2.24) is 5.32 Å². The van der Waals surface area contributed by atoms with Crippen LogP contribution in [-0.2, 0) is 4.79 Å². The fourth-order valence-corrected chi connectivity index (χ4v) is 2.43. The molecule has 3 nitrogen and oxygen atoms in total. The molecule has 3 heteroatoms. The van der Waals surface area contributed by atoms with Gasteiger partial charge < -0.3 is 11.1 Å². The molecular formula is C15H22N2O. The lowest BCUT2D eigenvalue weighted by Gasteiger charge is -2.42. The molecule has 0 heterocycles. The molecule has 0 radical (unpaired) electrons. The van der Waals surface area contributed by atoms with Gasteiger partial charge in [0.1, 0.15) is 6.04 Å². The van der Waals surface area contributed by atoms with Crippen molar-refractivity contribution < 1.29 is 4.79 Å². The van der Waals surface area contributed by atoms with Crippen molar-refractivity contribution in [1.29, 1.82) is 0 Å². The Morgan fingerprint density at radius 3 is 2.44 bits per heavy atom. The SMILES string of the molecule is CCC1(NC(=O)C(N)c2ccc(C)cc2)CCC1. The third kappa shape index (κ3) is 2.56. The van der Waals surface area contributed by atoms with E-state index in [-0.39, 0.29) is 11.4 Å². The van der Waals surface area contributed by atoms with Crippen molar-refractivity contribution in [2.24, 2.45) is 5.73 Å². The summed E-state index contributed by atoms with van der Waals surface area (Å²) < 4.78 is 0. The quantitative estimate of drug-likeness (QED) is 0.857. The molecule has 1 aromatic carbocycles. The minimum Gasteiger partial charge on any atom is -0.349 e. The third-order valence-corrected chi connectivity index (χ3v) is 4.09. The predicted molar refractivity (Wildman–Crippen MR) is 73.1 cm³/mol. The van der Waals surface area contributed by atoms with Crippen LogP contribution in [-0.4, -0.2) is 11.4 Å². The first-order valence-electron chi connectivity index (χ1n) is 6.70. The van der Waals surface area contributed by atoms with E-state index >= 15 is 0 Å². The molecule has 1 aromatic rings. The van der Waals surface area contributed by atoms with E-state index in [1.807, 2.05) is 31.2 Å². The summed E-state index contributed by atoms with van der Waals surface area (Å²) in [5, 5.41) is 3.13. The predicted octanol–water partition coefficient (Wildman–Crippen LogP) is 2.44. The molecule has 0 bridgehead atoms. The Hall–Kier alpha value is -1.35. The molecule has 1 aliphatic rings. The van der Waals surface area contributed by atoms with Crippen molar-refractivity contribution in [2.45, 2.75) is 51.1 Å². The minimum absolute atomic E-state index is 0.0133. The van der Waals surface area contributed by atoms with Gasteiger partial charge in [0.2, 0.25) is 5.91 Å². The first-order valence-corrected chi connectivity index (χ1v) is 6.70. The average molecular weight is 246 g/mol. The van der Waals surface area contributed by atoms with Gasteiger partial charge in [-0.2, -0.15) is 0 Å². The molecule has 0 saturated heterocycles. The van der Waals surface area contributed by atoms with E-state index in [9.17, 15) is 4.79 Å². The van der Waals surface area contributed by atoms with Crippen LogP contribution in [0.4, 0.5) is 0 Å². The fraction of sp³-hybridized carbons (Fsp3) is 0.533. The van der Waals surface area contributed by atoms with Gasteiger partial charge in [0.15, 0.2) is 0 Å². The lowest BCUT2D eigenvalue weighted by atomic mass is 9.74. The topological polar surface area (TPSA) is 55.1 Å². The molecule has 2 rings (SSSR count). The molecule has 1 aliphatic carbocycles. The van der Waals surface area contributed by atoms with Crippen molar-refractivity contribution in [3.05, 3.63) is 35.4 Å². The number of aryl methyl sites for hydroxylation is 1. The van der Waals surface area contributed by atoms with Crippen molar-refractivity contribution in [3.63, 3.8) is 0 Å². The standard InChI is InChI=1S/C15H22N2O/c1-3-15(9-4-10-15)17-14(18)13(16)12-7-5-11(2)6-8-12/h5-8,13H,3-4,9-10,16H2,1-2H3,(H,17,18).